The van der Waals surface area contributed by atoms with Crippen LogP contribution in [-0.4, -0.2) is 48.5 Å². The van der Waals surface area contributed by atoms with E-state index in [-0.39, 0.29) is 24.3 Å². The van der Waals surface area contributed by atoms with E-state index in [0.29, 0.717) is 38.3 Å². The Labute approximate surface area is 210 Å². The Morgan fingerprint density at radius 3 is 2.43 bits per heavy atom. The molecule has 0 atom stereocenters. The van der Waals surface area contributed by atoms with Crippen molar-refractivity contribution in [3.05, 3.63) is 87.4 Å². The molecule has 0 aliphatic carbocycles. The number of aryl methyl sites for hydroxylation is 2. The number of hydrogen-bond donors (Lipinski definition) is 1. The number of rotatable bonds is 11. The van der Waals surface area contributed by atoms with Gasteiger partial charge in [-0.25, -0.2) is 9.18 Å². The monoisotopic (exact) mass is 497 g/mol. The summed E-state index contributed by atoms with van der Waals surface area (Å²) >= 11 is 1.56. The molecular weight excluding hydrogens is 465 g/mol. The molecule has 0 unspecified atom stereocenters. The van der Waals surface area contributed by atoms with Crippen molar-refractivity contribution in [3.63, 3.8) is 0 Å². The van der Waals surface area contributed by atoms with Gasteiger partial charge in [-0.3, -0.25) is 4.79 Å². The maximum Gasteiger partial charge on any atom is 0.322 e. The minimum absolute atomic E-state index is 0.0764. The molecule has 186 valence electrons. The van der Waals surface area contributed by atoms with Gasteiger partial charge >= 0.3 is 6.03 Å². The molecule has 6 nitrogen and oxygen atoms in total. The lowest BCUT2D eigenvalue weighted by atomic mass is 10.1. The first-order chi connectivity index (χ1) is 16.9. The lowest BCUT2D eigenvalue weighted by Crippen LogP contribution is -2.44. The van der Waals surface area contributed by atoms with Crippen LogP contribution < -0.4 is 5.32 Å². The van der Waals surface area contributed by atoms with Gasteiger partial charge in [-0.05, 0) is 72.7 Å². The Morgan fingerprint density at radius 2 is 1.77 bits per heavy atom. The molecule has 2 aromatic carbocycles. The number of halogens is 1. The number of anilines is 1. The van der Waals surface area contributed by atoms with Crippen molar-refractivity contribution in [3.8, 4) is 0 Å². The second kappa shape index (κ2) is 13.0. The molecule has 35 heavy (non-hydrogen) atoms. The van der Waals surface area contributed by atoms with Gasteiger partial charge in [-0.1, -0.05) is 24.3 Å². The third-order valence-corrected chi connectivity index (χ3v) is 6.58. The zero-order valence-electron chi connectivity index (χ0n) is 20.4. The van der Waals surface area contributed by atoms with Crippen molar-refractivity contribution in [2.24, 2.45) is 0 Å². The van der Waals surface area contributed by atoms with Gasteiger partial charge in [-0.2, -0.15) is 0 Å². The largest absolute Gasteiger partial charge is 0.385 e. The number of methoxy groups -OCH3 is 1. The predicted octanol–water partition coefficient (Wildman–Crippen LogP) is 5.60. The Bertz CT molecular complexity index is 1100. The molecule has 3 rings (SSSR count). The van der Waals surface area contributed by atoms with E-state index >= 15 is 0 Å². The van der Waals surface area contributed by atoms with Gasteiger partial charge in [0.15, 0.2) is 0 Å². The highest BCUT2D eigenvalue weighted by Crippen LogP contribution is 2.17. The summed E-state index contributed by atoms with van der Waals surface area (Å²) in [4.78, 5) is 30.8. The van der Waals surface area contributed by atoms with Crippen molar-refractivity contribution < 1.29 is 18.7 Å². The molecule has 1 aromatic heterocycles. The van der Waals surface area contributed by atoms with Crippen LogP contribution in [0.3, 0.4) is 0 Å². The molecule has 3 aromatic rings. The van der Waals surface area contributed by atoms with Crippen LogP contribution in [0.15, 0.2) is 60.0 Å². The Morgan fingerprint density at radius 1 is 1.00 bits per heavy atom. The molecule has 0 saturated carbocycles. The van der Waals surface area contributed by atoms with Crippen LogP contribution in [0.5, 0.6) is 0 Å². The van der Waals surface area contributed by atoms with E-state index in [9.17, 15) is 14.0 Å². The van der Waals surface area contributed by atoms with E-state index in [0.717, 1.165) is 21.6 Å². The van der Waals surface area contributed by atoms with Crippen molar-refractivity contribution in [2.45, 2.75) is 33.4 Å². The summed E-state index contributed by atoms with van der Waals surface area (Å²) in [5, 5.41) is 4.88. The fraction of sp³-hybridized carbons (Fsp3) is 0.333. The topological polar surface area (TPSA) is 61.9 Å². The van der Waals surface area contributed by atoms with E-state index in [4.69, 9.17) is 4.74 Å². The Balaban J connectivity index is 1.75. The number of thiophene rings is 1. The van der Waals surface area contributed by atoms with E-state index < -0.39 is 0 Å². The molecule has 0 spiro atoms. The molecule has 8 heteroatoms. The van der Waals surface area contributed by atoms with Gasteiger partial charge in [-0.15, -0.1) is 11.3 Å². The quantitative estimate of drug-likeness (QED) is 0.351. The lowest BCUT2D eigenvalue weighted by molar-refractivity contribution is -0.133. The van der Waals surface area contributed by atoms with Gasteiger partial charge < -0.3 is 19.9 Å². The lowest BCUT2D eigenvalue weighted by Gasteiger charge is -2.28. The number of nitrogens with zero attached hydrogens (tertiary/aromatic N) is 2. The summed E-state index contributed by atoms with van der Waals surface area (Å²) in [5.74, 6) is -0.507. The van der Waals surface area contributed by atoms with E-state index in [1.807, 2.05) is 49.6 Å². The second-order valence-electron chi connectivity index (χ2n) is 8.45. The molecule has 0 radical (unpaired) electrons. The molecule has 0 aliphatic heterocycles. The summed E-state index contributed by atoms with van der Waals surface area (Å²) < 4.78 is 18.5. The molecular formula is C27H32FN3O3S. The van der Waals surface area contributed by atoms with Crippen molar-refractivity contribution in [1.82, 2.24) is 9.80 Å². The van der Waals surface area contributed by atoms with Gasteiger partial charge in [0.05, 0.1) is 6.54 Å². The van der Waals surface area contributed by atoms with Crippen LogP contribution in [-0.2, 0) is 22.6 Å². The first-order valence-electron chi connectivity index (χ1n) is 11.5. The number of carbonyl (C=O) groups excluding carboxylic acids is 2. The minimum Gasteiger partial charge on any atom is -0.385 e. The molecule has 3 amide bonds. The Hall–Kier alpha value is -3.23. The zero-order valence-corrected chi connectivity index (χ0v) is 21.2. The molecule has 1 heterocycles. The summed E-state index contributed by atoms with van der Waals surface area (Å²) in [6, 6.07) is 15.4. The van der Waals surface area contributed by atoms with Crippen LogP contribution in [0.25, 0.3) is 0 Å². The fourth-order valence-corrected chi connectivity index (χ4v) is 4.29. The van der Waals surface area contributed by atoms with E-state index in [1.165, 1.54) is 17.0 Å². The highest BCUT2D eigenvalue weighted by atomic mass is 32.1. The smallest absolute Gasteiger partial charge is 0.322 e. The summed E-state index contributed by atoms with van der Waals surface area (Å²) in [6.45, 7) is 5.52. The minimum atomic E-state index is -0.337. The second-order valence-corrected chi connectivity index (χ2v) is 9.48. The number of urea groups is 1. The van der Waals surface area contributed by atoms with Gasteiger partial charge in [0.25, 0.3) is 0 Å². The SMILES string of the molecule is COCCCN(CC(=O)N(Cc1ccc(F)cc1)Cc1cccs1)C(=O)Nc1ccc(C)c(C)c1. The van der Waals surface area contributed by atoms with E-state index in [2.05, 4.69) is 5.32 Å². The average Bonchev–Trinajstić information content (AvgIpc) is 3.35. The van der Waals surface area contributed by atoms with Crippen LogP contribution in [0.2, 0.25) is 0 Å². The molecule has 0 bridgehead atoms. The normalized spacial score (nSPS) is 10.7. The maximum absolute atomic E-state index is 13.4. The fourth-order valence-electron chi connectivity index (χ4n) is 3.57. The number of ether oxygens (including phenoxy) is 1. The van der Waals surface area contributed by atoms with Gasteiger partial charge in [0.2, 0.25) is 5.91 Å². The standard InChI is InChI=1S/C27H32FN3O3S/c1-20-7-12-24(16-21(20)2)29-27(33)30(13-5-14-34-3)19-26(32)31(18-25-6-4-15-35-25)17-22-8-10-23(28)11-9-22/h4,6-12,15-16H,5,13-14,17-19H2,1-3H3,(H,29,33). The number of carbonyl (C=O) groups is 2. The third-order valence-electron chi connectivity index (χ3n) is 5.71. The summed E-state index contributed by atoms with van der Waals surface area (Å²) in [5.41, 5.74) is 3.72. The molecule has 0 aliphatic rings. The average molecular weight is 498 g/mol. The van der Waals surface area contributed by atoms with E-state index in [1.54, 1.807) is 35.5 Å². The number of amides is 3. The van der Waals surface area contributed by atoms with Gasteiger partial charge in [0, 0.05) is 37.4 Å². The zero-order chi connectivity index (χ0) is 25.2. The van der Waals surface area contributed by atoms with Crippen LogP contribution in [0.4, 0.5) is 14.9 Å². The van der Waals surface area contributed by atoms with Crippen LogP contribution >= 0.6 is 11.3 Å². The number of hydrogen-bond acceptors (Lipinski definition) is 4. The van der Waals surface area contributed by atoms with Crippen molar-refractivity contribution in [2.75, 3.05) is 32.1 Å². The Kier molecular flexibility index (Phi) is 9.81. The first-order valence-corrected chi connectivity index (χ1v) is 12.4. The predicted molar refractivity (Wildman–Crippen MR) is 138 cm³/mol. The summed E-state index contributed by atoms with van der Waals surface area (Å²) in [6.07, 6.45) is 0.604. The van der Waals surface area contributed by atoms with Crippen LogP contribution in [0.1, 0.15) is 28.0 Å². The summed E-state index contributed by atoms with van der Waals surface area (Å²) in [7, 11) is 1.61. The van der Waals surface area contributed by atoms with Gasteiger partial charge in [0.1, 0.15) is 12.4 Å². The molecule has 0 fully saturated rings. The molecule has 0 saturated heterocycles. The van der Waals surface area contributed by atoms with Crippen molar-refractivity contribution >= 4 is 29.0 Å². The third kappa shape index (κ3) is 8.19. The number of nitrogens with one attached hydrogen (secondary N) is 1. The molecule has 1 N–H and O–H groups in total. The van der Waals surface area contributed by atoms with Crippen molar-refractivity contribution in [1.29, 1.82) is 0 Å². The first kappa shape index (κ1) is 26.4. The highest BCUT2D eigenvalue weighted by molar-refractivity contribution is 7.09. The maximum atomic E-state index is 13.4. The van der Waals surface area contributed by atoms with Crippen LogP contribution in [0, 0.1) is 19.7 Å². The number of benzene rings is 2. The highest BCUT2D eigenvalue weighted by Gasteiger charge is 2.22.